The Morgan fingerprint density at radius 1 is 0.933 bits per heavy atom. The molecule has 0 atom stereocenters. The number of amides is 1. The van der Waals surface area contributed by atoms with Crippen LogP contribution in [0.4, 0.5) is 10.8 Å². The van der Waals surface area contributed by atoms with E-state index in [1.807, 2.05) is 18.2 Å². The third-order valence-electron chi connectivity index (χ3n) is 4.34. The molecule has 3 aromatic carbocycles. The molecule has 0 aliphatic carbocycles. The first kappa shape index (κ1) is 19.8. The van der Waals surface area contributed by atoms with Crippen LogP contribution in [0.5, 0.6) is 0 Å². The van der Waals surface area contributed by atoms with Crippen LogP contribution in [-0.2, 0) is 0 Å². The number of nitro benzene ring substituents is 1. The van der Waals surface area contributed by atoms with Crippen LogP contribution in [0.15, 0.2) is 78.9 Å². The molecule has 1 heterocycles. The number of thiazole rings is 1. The zero-order valence-corrected chi connectivity index (χ0v) is 17.0. The minimum atomic E-state index is -0.448. The summed E-state index contributed by atoms with van der Waals surface area (Å²) >= 11 is 7.34. The Labute approximate surface area is 180 Å². The van der Waals surface area contributed by atoms with Crippen molar-refractivity contribution in [2.45, 2.75) is 0 Å². The normalized spacial score (nSPS) is 10.6. The number of nitro groups is 1. The summed E-state index contributed by atoms with van der Waals surface area (Å²) in [6.07, 6.45) is 0. The predicted molar refractivity (Wildman–Crippen MR) is 119 cm³/mol. The second kappa shape index (κ2) is 8.44. The summed E-state index contributed by atoms with van der Waals surface area (Å²) in [5.41, 5.74) is 2.74. The number of hydrogen-bond donors (Lipinski definition) is 1. The standard InChI is InChI=1S/C22H14ClN3O3S/c23-17-10-6-15(7-11-17)20-19(14-8-12-18(13-9-14)26(28)29)24-22(30-20)25-21(27)16-4-2-1-3-5-16/h1-13H,(H,24,25,27). The van der Waals surface area contributed by atoms with Crippen molar-refractivity contribution in [1.82, 2.24) is 4.98 Å². The van der Waals surface area contributed by atoms with Gasteiger partial charge in [-0.2, -0.15) is 0 Å². The number of rotatable bonds is 5. The molecule has 0 spiro atoms. The predicted octanol–water partition coefficient (Wildman–Crippen LogP) is 6.29. The summed E-state index contributed by atoms with van der Waals surface area (Å²) in [5, 5.41) is 14.8. The lowest BCUT2D eigenvalue weighted by molar-refractivity contribution is -0.384. The minimum Gasteiger partial charge on any atom is -0.298 e. The topological polar surface area (TPSA) is 85.1 Å². The number of nitrogens with one attached hydrogen (secondary N) is 1. The number of benzene rings is 3. The van der Waals surface area contributed by atoms with Crippen molar-refractivity contribution >= 4 is 39.7 Å². The van der Waals surface area contributed by atoms with E-state index >= 15 is 0 Å². The van der Waals surface area contributed by atoms with E-state index in [9.17, 15) is 14.9 Å². The SMILES string of the molecule is O=C(Nc1nc(-c2ccc([N+](=O)[O-])cc2)c(-c2ccc(Cl)cc2)s1)c1ccccc1. The highest BCUT2D eigenvalue weighted by atomic mass is 35.5. The van der Waals surface area contributed by atoms with Crippen LogP contribution in [0, 0.1) is 10.1 Å². The number of carbonyl (C=O) groups excluding carboxylic acids is 1. The van der Waals surface area contributed by atoms with Gasteiger partial charge in [-0.3, -0.25) is 20.2 Å². The molecule has 0 unspecified atom stereocenters. The first-order valence-corrected chi connectivity index (χ1v) is 10.1. The molecule has 0 fully saturated rings. The van der Waals surface area contributed by atoms with E-state index in [0.717, 1.165) is 10.4 Å². The number of carbonyl (C=O) groups is 1. The molecular formula is C22H14ClN3O3S. The summed E-state index contributed by atoms with van der Waals surface area (Å²) in [6.45, 7) is 0. The Hall–Kier alpha value is -3.55. The number of aromatic nitrogens is 1. The molecule has 0 radical (unpaired) electrons. The fourth-order valence-electron chi connectivity index (χ4n) is 2.87. The van der Waals surface area contributed by atoms with E-state index in [0.29, 0.717) is 27.0 Å². The molecule has 6 nitrogen and oxygen atoms in total. The minimum absolute atomic E-state index is 0.000346. The summed E-state index contributed by atoms with van der Waals surface area (Å²) in [6, 6.07) is 22.3. The molecular weight excluding hydrogens is 422 g/mol. The largest absolute Gasteiger partial charge is 0.298 e. The van der Waals surface area contributed by atoms with Gasteiger partial charge in [-0.25, -0.2) is 4.98 Å². The number of anilines is 1. The number of hydrogen-bond acceptors (Lipinski definition) is 5. The summed E-state index contributed by atoms with van der Waals surface area (Å²) < 4.78 is 0. The van der Waals surface area contributed by atoms with Crippen LogP contribution in [-0.4, -0.2) is 15.8 Å². The fourth-order valence-corrected chi connectivity index (χ4v) is 3.98. The third kappa shape index (κ3) is 4.22. The molecule has 30 heavy (non-hydrogen) atoms. The smallest absolute Gasteiger partial charge is 0.269 e. The van der Waals surface area contributed by atoms with Gasteiger partial charge in [0.1, 0.15) is 0 Å². The highest BCUT2D eigenvalue weighted by molar-refractivity contribution is 7.19. The van der Waals surface area contributed by atoms with E-state index in [4.69, 9.17) is 11.6 Å². The van der Waals surface area contributed by atoms with Crippen LogP contribution in [0.3, 0.4) is 0 Å². The molecule has 4 rings (SSSR count). The Balaban J connectivity index is 1.74. The molecule has 1 aromatic heterocycles. The van der Waals surface area contributed by atoms with Crippen LogP contribution < -0.4 is 5.32 Å². The van der Waals surface area contributed by atoms with Crippen molar-refractivity contribution in [3.8, 4) is 21.7 Å². The third-order valence-corrected chi connectivity index (χ3v) is 5.61. The van der Waals surface area contributed by atoms with Gasteiger partial charge in [-0.15, -0.1) is 0 Å². The molecule has 8 heteroatoms. The molecule has 0 bridgehead atoms. The molecule has 148 valence electrons. The maximum atomic E-state index is 12.5. The molecule has 0 saturated carbocycles. The number of nitrogens with zero attached hydrogens (tertiary/aromatic N) is 2. The average molecular weight is 436 g/mol. The van der Waals surface area contributed by atoms with Gasteiger partial charge < -0.3 is 0 Å². The van der Waals surface area contributed by atoms with Crippen LogP contribution in [0.25, 0.3) is 21.7 Å². The van der Waals surface area contributed by atoms with Crippen molar-refractivity contribution < 1.29 is 9.72 Å². The number of non-ortho nitro benzene ring substituents is 1. The van der Waals surface area contributed by atoms with Crippen molar-refractivity contribution in [1.29, 1.82) is 0 Å². The first-order chi connectivity index (χ1) is 14.5. The van der Waals surface area contributed by atoms with Crippen molar-refractivity contribution in [2.75, 3.05) is 5.32 Å². The first-order valence-electron chi connectivity index (χ1n) is 8.89. The molecule has 0 aliphatic heterocycles. The Kier molecular flexibility index (Phi) is 5.56. The van der Waals surface area contributed by atoms with E-state index < -0.39 is 4.92 Å². The summed E-state index contributed by atoms with van der Waals surface area (Å²) in [4.78, 5) is 28.5. The molecule has 4 aromatic rings. The van der Waals surface area contributed by atoms with E-state index in [1.165, 1.54) is 23.5 Å². The van der Waals surface area contributed by atoms with Gasteiger partial charge in [0.15, 0.2) is 5.13 Å². The maximum Gasteiger partial charge on any atom is 0.269 e. The Bertz CT molecular complexity index is 1210. The fraction of sp³-hybridized carbons (Fsp3) is 0. The maximum absolute atomic E-state index is 12.5. The van der Waals surface area contributed by atoms with Crippen molar-refractivity contribution in [3.63, 3.8) is 0 Å². The second-order valence-electron chi connectivity index (χ2n) is 6.33. The molecule has 0 aliphatic rings. The van der Waals surface area contributed by atoms with E-state index in [1.54, 1.807) is 48.5 Å². The Morgan fingerprint density at radius 2 is 1.57 bits per heavy atom. The van der Waals surface area contributed by atoms with E-state index in [-0.39, 0.29) is 11.6 Å². The zero-order valence-electron chi connectivity index (χ0n) is 15.4. The number of halogens is 1. The van der Waals surface area contributed by atoms with Gasteiger partial charge in [0.2, 0.25) is 0 Å². The van der Waals surface area contributed by atoms with Gasteiger partial charge in [-0.05, 0) is 42.0 Å². The lowest BCUT2D eigenvalue weighted by Crippen LogP contribution is -2.11. The van der Waals surface area contributed by atoms with Gasteiger partial charge in [0.25, 0.3) is 11.6 Å². The summed E-state index contributed by atoms with van der Waals surface area (Å²) in [7, 11) is 0. The van der Waals surface area contributed by atoms with E-state index in [2.05, 4.69) is 10.3 Å². The quantitative estimate of drug-likeness (QED) is 0.295. The van der Waals surface area contributed by atoms with Crippen LogP contribution >= 0.6 is 22.9 Å². The second-order valence-corrected chi connectivity index (χ2v) is 7.76. The van der Waals surface area contributed by atoms with Gasteiger partial charge in [0, 0.05) is 28.3 Å². The van der Waals surface area contributed by atoms with Crippen LogP contribution in [0.2, 0.25) is 5.02 Å². The van der Waals surface area contributed by atoms with Crippen LogP contribution in [0.1, 0.15) is 10.4 Å². The molecule has 1 amide bonds. The lowest BCUT2D eigenvalue weighted by Gasteiger charge is -2.03. The summed E-state index contributed by atoms with van der Waals surface area (Å²) in [5.74, 6) is -0.262. The highest BCUT2D eigenvalue weighted by Crippen LogP contribution is 2.39. The zero-order chi connectivity index (χ0) is 21.1. The van der Waals surface area contributed by atoms with Crippen molar-refractivity contribution in [3.05, 3.63) is 99.6 Å². The molecule has 0 saturated heterocycles. The van der Waals surface area contributed by atoms with Gasteiger partial charge in [0.05, 0.1) is 15.5 Å². The molecule has 1 N–H and O–H groups in total. The van der Waals surface area contributed by atoms with Gasteiger partial charge >= 0.3 is 0 Å². The van der Waals surface area contributed by atoms with Crippen molar-refractivity contribution in [2.24, 2.45) is 0 Å². The average Bonchev–Trinajstić information content (AvgIpc) is 3.18. The Morgan fingerprint density at radius 3 is 2.20 bits per heavy atom. The highest BCUT2D eigenvalue weighted by Gasteiger charge is 2.18. The monoisotopic (exact) mass is 435 g/mol. The lowest BCUT2D eigenvalue weighted by atomic mass is 10.1. The van der Waals surface area contributed by atoms with Gasteiger partial charge in [-0.1, -0.05) is 53.3 Å².